The summed E-state index contributed by atoms with van der Waals surface area (Å²) in [5.41, 5.74) is -1.25. The average Bonchev–Trinajstić information content (AvgIpc) is 3.66. The molecule has 0 aromatic carbocycles. The van der Waals surface area contributed by atoms with Gasteiger partial charge >= 0.3 is 24.0 Å². The number of nitrogens with one attached hydrogen (secondary N) is 2. The van der Waals surface area contributed by atoms with Gasteiger partial charge in [-0.05, 0) is 46.1 Å². The Morgan fingerprint density at radius 3 is 2.35 bits per heavy atom. The number of alkyl halides is 3. The fourth-order valence-electron chi connectivity index (χ4n) is 4.42. The van der Waals surface area contributed by atoms with Crippen LogP contribution in [0.5, 0.6) is 0 Å². The van der Waals surface area contributed by atoms with E-state index in [0.717, 1.165) is 6.04 Å². The van der Waals surface area contributed by atoms with Gasteiger partial charge in [-0.1, -0.05) is 80.4 Å². The number of aromatic nitrogens is 1. The molecule has 1 unspecified atom stereocenters. The van der Waals surface area contributed by atoms with E-state index in [1.165, 1.54) is 23.1 Å². The van der Waals surface area contributed by atoms with Crippen molar-refractivity contribution >= 4 is 101 Å². The molecule has 13 nitrogen and oxygen atoms in total. The molecule has 0 radical (unpaired) electrons. The lowest BCUT2D eigenvalue weighted by Crippen LogP contribution is -2.53. The van der Waals surface area contributed by atoms with Gasteiger partial charge in [0.05, 0.1) is 19.6 Å². The first-order valence-corrected chi connectivity index (χ1v) is 24.2. The van der Waals surface area contributed by atoms with Crippen LogP contribution in [-0.4, -0.2) is 94.1 Å². The number of esters is 3. The van der Waals surface area contributed by atoms with Crippen LogP contribution < -0.4 is 10.6 Å². The number of thioether (sulfide) groups is 1. The molecule has 2 N–H and O–H groups in total. The molecule has 2 rings (SSSR count). The van der Waals surface area contributed by atoms with Gasteiger partial charge in [0.2, 0.25) is 9.70 Å². The summed E-state index contributed by atoms with van der Waals surface area (Å²) in [6.45, 7) is 17.1. The number of halogens is 3. The lowest BCUT2D eigenvalue weighted by atomic mass is 10.00. The number of carbonyl (C=O) groups excluding carboxylic acids is 5. The monoisotopic (exact) mass is 870 g/mol. The quantitative estimate of drug-likeness (QED) is 0.0467. The maximum Gasteiger partial charge on any atom is 0.408 e. The largest absolute Gasteiger partial charge is 0.466 e. The minimum Gasteiger partial charge on any atom is -0.466 e. The predicted molar refractivity (Wildman–Crippen MR) is 217 cm³/mol. The topological polar surface area (TPSA) is 172 Å². The number of carbonyl (C=O) groups is 5. The third kappa shape index (κ3) is 19.0. The van der Waals surface area contributed by atoms with Gasteiger partial charge in [-0.3, -0.25) is 19.4 Å². The molecule has 0 aliphatic carbocycles. The summed E-state index contributed by atoms with van der Waals surface area (Å²) in [5.74, 6) is -2.28. The molecule has 0 spiro atoms. The van der Waals surface area contributed by atoms with E-state index >= 15 is 0 Å². The average molecular weight is 872 g/mol. The first-order valence-electron chi connectivity index (χ1n) is 17.5. The second-order valence-corrected chi connectivity index (χ2v) is 25.5. The molecule has 0 bridgehead atoms. The number of hydrogen-bond acceptors (Lipinski definition) is 13. The van der Waals surface area contributed by atoms with Crippen LogP contribution >= 0.6 is 57.9 Å². The summed E-state index contributed by atoms with van der Waals surface area (Å²) in [6, 6.07) is -0.250. The number of hydrogen-bond donors (Lipinski definition) is 2. The van der Waals surface area contributed by atoms with E-state index in [0.29, 0.717) is 27.9 Å². The van der Waals surface area contributed by atoms with Crippen LogP contribution in [0.25, 0.3) is 0 Å². The standard InChI is InChI=1S/C35H53Cl3N4O9S2Si/c1-22(2)28(41-31(46)34(6)21-53-29(42-34)24-19-52-25(40-24)18-39-32(47)51-33(3,4)5)30(45)50-23(17-27(44)48-15-16-54(7,8)9)13-11-10-12-14-26(43)49-20-35(36,37)38/h10-11,19,22-23,28H,12-18,20-21H2,1-9H3,(H,39,47)(H,41,46)/t23?,28-,34-/m0/s1. The van der Waals surface area contributed by atoms with Gasteiger partial charge in [-0.2, -0.15) is 0 Å². The molecule has 0 fully saturated rings. The summed E-state index contributed by atoms with van der Waals surface area (Å²) < 4.78 is 19.8. The number of ether oxygens (including phenoxy) is 4. The Morgan fingerprint density at radius 1 is 1.06 bits per heavy atom. The molecule has 304 valence electrons. The second kappa shape index (κ2) is 21.2. The number of nitrogens with zero attached hydrogens (tertiary/aromatic N) is 2. The van der Waals surface area contributed by atoms with E-state index in [1.807, 2.05) is 0 Å². The van der Waals surface area contributed by atoms with Gasteiger partial charge < -0.3 is 29.6 Å². The Bertz CT molecular complexity index is 1520. The molecule has 3 atom stereocenters. The van der Waals surface area contributed by atoms with E-state index in [1.54, 1.807) is 59.1 Å². The van der Waals surface area contributed by atoms with Crippen LogP contribution in [0.1, 0.15) is 77.9 Å². The van der Waals surface area contributed by atoms with Gasteiger partial charge in [-0.15, -0.1) is 23.1 Å². The highest BCUT2D eigenvalue weighted by atomic mass is 35.6. The molecule has 1 aromatic heterocycles. The zero-order chi connectivity index (χ0) is 40.9. The minimum atomic E-state index is -1.71. The highest BCUT2D eigenvalue weighted by molar-refractivity contribution is 8.14. The number of aliphatic imine (C=N–C) groups is 1. The third-order valence-electron chi connectivity index (χ3n) is 7.36. The van der Waals surface area contributed by atoms with Crippen LogP contribution in [0, 0.1) is 5.92 Å². The highest BCUT2D eigenvalue weighted by Gasteiger charge is 2.42. The van der Waals surface area contributed by atoms with Crippen molar-refractivity contribution in [2.45, 2.75) is 127 Å². The zero-order valence-electron chi connectivity index (χ0n) is 32.3. The molecule has 54 heavy (non-hydrogen) atoms. The lowest BCUT2D eigenvalue weighted by molar-refractivity contribution is -0.158. The van der Waals surface area contributed by atoms with Crippen LogP contribution in [-0.2, 0) is 44.7 Å². The summed E-state index contributed by atoms with van der Waals surface area (Å²) >= 11 is 19.6. The van der Waals surface area contributed by atoms with Crippen LogP contribution in [0.2, 0.25) is 25.7 Å². The molecule has 0 saturated carbocycles. The number of allylic oxidation sites excluding steroid dienone is 1. The fraction of sp³-hybridized carbons (Fsp3) is 0.686. The molecular formula is C35H53Cl3N4O9S2Si. The van der Waals surface area contributed by atoms with Crippen LogP contribution in [0.15, 0.2) is 22.5 Å². The van der Waals surface area contributed by atoms with Crippen LogP contribution in [0.4, 0.5) is 4.79 Å². The van der Waals surface area contributed by atoms with E-state index < -0.39 is 65.1 Å². The van der Waals surface area contributed by atoms with E-state index in [9.17, 15) is 24.0 Å². The van der Waals surface area contributed by atoms with Gasteiger partial charge in [-0.25, -0.2) is 14.6 Å². The smallest absolute Gasteiger partial charge is 0.408 e. The van der Waals surface area contributed by atoms with Gasteiger partial charge in [0.1, 0.15) is 45.6 Å². The van der Waals surface area contributed by atoms with E-state index in [-0.39, 0.29) is 44.9 Å². The summed E-state index contributed by atoms with van der Waals surface area (Å²) in [4.78, 5) is 73.3. The van der Waals surface area contributed by atoms with Crippen molar-refractivity contribution in [3.63, 3.8) is 0 Å². The van der Waals surface area contributed by atoms with E-state index in [4.69, 9.17) is 53.8 Å². The van der Waals surface area contributed by atoms with Crippen LogP contribution in [0.3, 0.4) is 0 Å². The summed E-state index contributed by atoms with van der Waals surface area (Å²) in [6.07, 6.45) is 2.24. The summed E-state index contributed by atoms with van der Waals surface area (Å²) in [5, 5.41) is 8.52. The van der Waals surface area contributed by atoms with Crippen molar-refractivity contribution in [2.75, 3.05) is 19.0 Å². The van der Waals surface area contributed by atoms with E-state index in [2.05, 4.69) is 40.3 Å². The maximum absolute atomic E-state index is 13.7. The molecule has 2 amide bonds. The number of alkyl carbamates (subject to hydrolysis) is 1. The second-order valence-electron chi connectivity index (χ2n) is 15.5. The van der Waals surface area contributed by atoms with Crippen molar-refractivity contribution in [1.29, 1.82) is 0 Å². The number of thiazole rings is 1. The number of amides is 2. The molecule has 1 aliphatic heterocycles. The van der Waals surface area contributed by atoms with Crippen molar-refractivity contribution < 1.29 is 42.9 Å². The fourth-order valence-corrected chi connectivity index (χ4v) is 7.22. The van der Waals surface area contributed by atoms with Crippen molar-refractivity contribution in [3.05, 3.63) is 28.2 Å². The molecule has 19 heteroatoms. The Balaban J connectivity index is 2.08. The molecular weight excluding hydrogens is 819 g/mol. The Kier molecular flexibility index (Phi) is 18.8. The molecule has 1 aliphatic rings. The first kappa shape index (κ1) is 47.8. The van der Waals surface area contributed by atoms with Gasteiger partial charge in [0.25, 0.3) is 0 Å². The Labute approximate surface area is 342 Å². The Hall–Kier alpha value is -2.37. The first-order chi connectivity index (χ1) is 24.9. The van der Waals surface area contributed by atoms with Crippen molar-refractivity contribution in [2.24, 2.45) is 10.9 Å². The molecule has 0 saturated heterocycles. The number of rotatable bonds is 19. The lowest BCUT2D eigenvalue weighted by Gasteiger charge is -2.27. The minimum absolute atomic E-state index is 0.0259. The van der Waals surface area contributed by atoms with Gasteiger partial charge in [0, 0.05) is 32.0 Å². The maximum atomic E-state index is 13.7. The summed E-state index contributed by atoms with van der Waals surface area (Å²) in [7, 11) is -1.45. The Morgan fingerprint density at radius 2 is 1.74 bits per heavy atom. The molecule has 2 heterocycles. The zero-order valence-corrected chi connectivity index (χ0v) is 37.2. The third-order valence-corrected chi connectivity index (χ3v) is 11.5. The normalized spacial score (nSPS) is 17.5. The van der Waals surface area contributed by atoms with Crippen molar-refractivity contribution in [1.82, 2.24) is 15.6 Å². The van der Waals surface area contributed by atoms with Gasteiger partial charge in [0.15, 0.2) is 0 Å². The molecule has 1 aromatic rings. The van der Waals surface area contributed by atoms with Crippen molar-refractivity contribution in [3.8, 4) is 0 Å². The SMILES string of the molecule is CC(C)[C@H](NC(=O)[C@]1(C)CSC(c2csc(CNC(=O)OC(C)(C)C)n2)=N1)C(=O)OC(CC=CCCC(=O)OCC(Cl)(Cl)Cl)CC(=O)OCC[Si](C)(C)C. The predicted octanol–water partition coefficient (Wildman–Crippen LogP) is 7.38. The highest BCUT2D eigenvalue weighted by Crippen LogP contribution is 2.32.